The minimum absolute atomic E-state index is 0.0741. The van der Waals surface area contributed by atoms with E-state index in [1.807, 2.05) is 20.8 Å². The van der Waals surface area contributed by atoms with E-state index in [9.17, 15) is 9.59 Å². The smallest absolute Gasteiger partial charge is 0.323 e. The summed E-state index contributed by atoms with van der Waals surface area (Å²) in [6.07, 6.45) is 1.13. The van der Waals surface area contributed by atoms with Gasteiger partial charge in [-0.2, -0.15) is 0 Å². The maximum Gasteiger partial charge on any atom is 0.323 e. The highest BCUT2D eigenvalue weighted by molar-refractivity contribution is 5.85. The second-order valence-corrected chi connectivity index (χ2v) is 4.67. The normalized spacial score (nSPS) is 25.6. The van der Waals surface area contributed by atoms with Crippen molar-refractivity contribution in [3.63, 3.8) is 0 Å². The van der Waals surface area contributed by atoms with Crippen LogP contribution in [0, 0.1) is 5.92 Å². The Bertz CT molecular complexity index is 292. The molecular weight excluding hydrogens is 222 g/mol. The molecule has 0 aromatic rings. The van der Waals surface area contributed by atoms with E-state index in [4.69, 9.17) is 9.84 Å². The Morgan fingerprint density at radius 1 is 1.53 bits per heavy atom. The van der Waals surface area contributed by atoms with Crippen molar-refractivity contribution in [1.82, 2.24) is 4.90 Å². The Hall–Kier alpha value is -1.10. The number of carboxylic acid groups (broad SMARTS) is 1. The number of nitrogens with zero attached hydrogens (tertiary/aromatic N) is 1. The van der Waals surface area contributed by atoms with Crippen LogP contribution < -0.4 is 0 Å². The Morgan fingerprint density at radius 2 is 2.18 bits per heavy atom. The van der Waals surface area contributed by atoms with E-state index in [0.717, 1.165) is 12.8 Å². The van der Waals surface area contributed by atoms with E-state index in [0.29, 0.717) is 6.61 Å². The first-order chi connectivity index (χ1) is 7.97. The van der Waals surface area contributed by atoms with E-state index >= 15 is 0 Å². The minimum atomic E-state index is -0.982. The number of rotatable bonds is 5. The number of hydrogen-bond acceptors (Lipinski definition) is 3. The summed E-state index contributed by atoms with van der Waals surface area (Å²) in [5.74, 6) is -1.00. The van der Waals surface area contributed by atoms with Gasteiger partial charge in [-0.3, -0.25) is 9.59 Å². The van der Waals surface area contributed by atoms with Crippen molar-refractivity contribution in [3.05, 3.63) is 0 Å². The lowest BCUT2D eigenvalue weighted by Gasteiger charge is -2.30. The molecule has 1 aliphatic heterocycles. The number of aliphatic carboxylic acids is 1. The zero-order chi connectivity index (χ0) is 13.0. The molecule has 0 saturated carbocycles. The summed E-state index contributed by atoms with van der Waals surface area (Å²) >= 11 is 0. The number of carbonyl (C=O) groups excluding carboxylic acids is 1. The van der Waals surface area contributed by atoms with E-state index in [1.54, 1.807) is 0 Å². The zero-order valence-electron chi connectivity index (χ0n) is 10.7. The molecule has 98 valence electrons. The third-order valence-electron chi connectivity index (χ3n) is 3.34. The van der Waals surface area contributed by atoms with Gasteiger partial charge in [-0.1, -0.05) is 13.8 Å². The van der Waals surface area contributed by atoms with Crippen molar-refractivity contribution in [2.24, 2.45) is 5.92 Å². The second kappa shape index (κ2) is 6.00. The molecular formula is C12H21NO4. The van der Waals surface area contributed by atoms with Crippen LogP contribution in [0.1, 0.15) is 33.6 Å². The molecule has 0 aliphatic carbocycles. The van der Waals surface area contributed by atoms with Gasteiger partial charge in [0.1, 0.15) is 12.6 Å². The van der Waals surface area contributed by atoms with Gasteiger partial charge in [0.2, 0.25) is 0 Å². The molecule has 0 bridgehead atoms. The Labute approximate surface area is 102 Å². The highest BCUT2D eigenvalue weighted by atomic mass is 16.5. The third kappa shape index (κ3) is 3.43. The van der Waals surface area contributed by atoms with Gasteiger partial charge < -0.3 is 14.7 Å². The number of carboxylic acids is 1. The highest BCUT2D eigenvalue weighted by Crippen LogP contribution is 2.23. The molecule has 3 atom stereocenters. The fourth-order valence-corrected chi connectivity index (χ4v) is 1.99. The number of hydrogen-bond donors (Lipinski definition) is 1. The molecule has 1 amide bonds. The average molecular weight is 243 g/mol. The first-order valence-corrected chi connectivity index (χ1v) is 6.11. The maximum atomic E-state index is 12.2. The summed E-state index contributed by atoms with van der Waals surface area (Å²) < 4.78 is 5.40. The molecule has 17 heavy (non-hydrogen) atoms. The fraction of sp³-hybridized carbons (Fsp3) is 0.833. The van der Waals surface area contributed by atoms with Gasteiger partial charge in [0.15, 0.2) is 0 Å². The SMILES string of the molecule is CCC(C)N(CC(=O)O)C(=O)C1OCCC1C. The number of amides is 1. The quantitative estimate of drug-likeness (QED) is 0.785. The molecule has 0 aromatic heterocycles. The van der Waals surface area contributed by atoms with Crippen LogP contribution in [0.25, 0.3) is 0 Å². The lowest BCUT2D eigenvalue weighted by atomic mass is 10.0. The summed E-state index contributed by atoms with van der Waals surface area (Å²) in [6.45, 7) is 6.09. The van der Waals surface area contributed by atoms with Gasteiger partial charge in [-0.25, -0.2) is 0 Å². The lowest BCUT2D eigenvalue weighted by Crippen LogP contribution is -2.48. The van der Waals surface area contributed by atoms with Crippen LogP contribution in [0.15, 0.2) is 0 Å². The molecule has 1 saturated heterocycles. The van der Waals surface area contributed by atoms with Crippen molar-refractivity contribution in [1.29, 1.82) is 0 Å². The molecule has 5 heteroatoms. The van der Waals surface area contributed by atoms with Gasteiger partial charge in [0.25, 0.3) is 5.91 Å². The fourth-order valence-electron chi connectivity index (χ4n) is 1.99. The van der Waals surface area contributed by atoms with E-state index in [-0.39, 0.29) is 24.4 Å². The average Bonchev–Trinajstić information content (AvgIpc) is 2.70. The van der Waals surface area contributed by atoms with Crippen molar-refractivity contribution in [2.45, 2.75) is 45.8 Å². The predicted molar refractivity (Wildman–Crippen MR) is 62.6 cm³/mol. The van der Waals surface area contributed by atoms with Gasteiger partial charge in [0.05, 0.1) is 0 Å². The first kappa shape index (κ1) is 14.0. The van der Waals surface area contributed by atoms with Gasteiger partial charge in [-0.15, -0.1) is 0 Å². The molecule has 1 N–H and O–H groups in total. The van der Waals surface area contributed by atoms with Crippen LogP contribution in [0.4, 0.5) is 0 Å². The molecule has 3 unspecified atom stereocenters. The maximum absolute atomic E-state index is 12.2. The predicted octanol–water partition coefficient (Wildman–Crippen LogP) is 1.12. The zero-order valence-corrected chi connectivity index (χ0v) is 10.7. The monoisotopic (exact) mass is 243 g/mol. The van der Waals surface area contributed by atoms with Crippen molar-refractivity contribution >= 4 is 11.9 Å². The summed E-state index contributed by atoms with van der Waals surface area (Å²) in [5, 5.41) is 8.85. The second-order valence-electron chi connectivity index (χ2n) is 4.67. The van der Waals surface area contributed by atoms with E-state index in [2.05, 4.69) is 0 Å². The van der Waals surface area contributed by atoms with Gasteiger partial charge >= 0.3 is 5.97 Å². The van der Waals surface area contributed by atoms with Crippen molar-refractivity contribution < 1.29 is 19.4 Å². The standard InChI is InChI=1S/C12H21NO4/c1-4-9(3)13(7-10(14)15)12(16)11-8(2)5-6-17-11/h8-9,11H,4-7H2,1-3H3,(H,14,15). The molecule has 1 fully saturated rings. The van der Waals surface area contributed by atoms with Gasteiger partial charge in [0, 0.05) is 12.6 Å². The first-order valence-electron chi connectivity index (χ1n) is 6.11. The molecule has 0 radical (unpaired) electrons. The highest BCUT2D eigenvalue weighted by Gasteiger charge is 2.36. The summed E-state index contributed by atoms with van der Waals surface area (Å²) in [6, 6.07) is -0.0741. The van der Waals surface area contributed by atoms with Gasteiger partial charge in [-0.05, 0) is 25.7 Å². The molecule has 5 nitrogen and oxygen atoms in total. The van der Waals surface area contributed by atoms with Crippen LogP contribution in [0.2, 0.25) is 0 Å². The topological polar surface area (TPSA) is 66.8 Å². The summed E-state index contributed by atoms with van der Waals surface area (Å²) in [4.78, 5) is 24.4. The number of ether oxygens (including phenoxy) is 1. The van der Waals surface area contributed by atoms with Crippen LogP contribution in [0.5, 0.6) is 0 Å². The largest absolute Gasteiger partial charge is 0.480 e. The lowest BCUT2D eigenvalue weighted by molar-refractivity contribution is -0.152. The summed E-state index contributed by atoms with van der Waals surface area (Å²) in [5.41, 5.74) is 0. The number of carbonyl (C=O) groups is 2. The Balaban J connectivity index is 2.74. The van der Waals surface area contributed by atoms with Crippen LogP contribution in [0.3, 0.4) is 0 Å². The van der Waals surface area contributed by atoms with E-state index in [1.165, 1.54) is 4.90 Å². The molecule has 1 aliphatic rings. The molecule has 0 spiro atoms. The minimum Gasteiger partial charge on any atom is -0.480 e. The van der Waals surface area contributed by atoms with E-state index < -0.39 is 12.1 Å². The molecule has 0 aromatic carbocycles. The van der Waals surface area contributed by atoms with Crippen LogP contribution >= 0.6 is 0 Å². The van der Waals surface area contributed by atoms with Crippen LogP contribution in [-0.4, -0.2) is 47.2 Å². The van der Waals surface area contributed by atoms with Crippen molar-refractivity contribution in [3.8, 4) is 0 Å². The Morgan fingerprint density at radius 3 is 2.59 bits per heavy atom. The van der Waals surface area contributed by atoms with Crippen molar-refractivity contribution in [2.75, 3.05) is 13.2 Å². The Kier molecular flexibility index (Phi) is 4.93. The summed E-state index contributed by atoms with van der Waals surface area (Å²) in [7, 11) is 0. The third-order valence-corrected chi connectivity index (χ3v) is 3.34. The molecule has 1 heterocycles. The van der Waals surface area contributed by atoms with Crippen LogP contribution in [-0.2, 0) is 14.3 Å². The molecule has 1 rings (SSSR count).